The Kier molecular flexibility index (Phi) is 4.89. The summed E-state index contributed by atoms with van der Waals surface area (Å²) in [5, 5.41) is 11.0. The molecule has 0 bridgehead atoms. The average Bonchev–Trinajstić information content (AvgIpc) is 2.65. The first-order chi connectivity index (χ1) is 9.53. The van der Waals surface area contributed by atoms with Gasteiger partial charge in [-0.05, 0) is 31.6 Å². The molecule has 0 aromatic carbocycles. The summed E-state index contributed by atoms with van der Waals surface area (Å²) in [7, 11) is 0. The molecule has 2 fully saturated rings. The number of likely N-dealkylation sites (tertiary alicyclic amines) is 1. The number of amides is 2. The van der Waals surface area contributed by atoms with Gasteiger partial charge in [0.2, 0.25) is 0 Å². The van der Waals surface area contributed by atoms with E-state index in [4.69, 9.17) is 11.1 Å². The van der Waals surface area contributed by atoms with Crippen molar-refractivity contribution < 1.29 is 4.79 Å². The summed E-state index contributed by atoms with van der Waals surface area (Å²) in [6.07, 6.45) is 8.29. The number of rotatable bonds is 2. The van der Waals surface area contributed by atoms with Crippen molar-refractivity contribution >= 4 is 11.9 Å². The van der Waals surface area contributed by atoms with Gasteiger partial charge in [-0.25, -0.2) is 4.79 Å². The molecule has 5 nitrogen and oxygen atoms in total. The lowest BCUT2D eigenvalue weighted by Crippen LogP contribution is -2.60. The largest absolute Gasteiger partial charge is 0.386 e. The first-order valence-electron chi connectivity index (χ1n) is 7.95. The molecule has 1 saturated heterocycles. The highest BCUT2D eigenvalue weighted by Crippen LogP contribution is 2.27. The van der Waals surface area contributed by atoms with Crippen LogP contribution in [0.5, 0.6) is 0 Å². The monoisotopic (exact) mass is 280 g/mol. The molecule has 0 spiro atoms. The lowest BCUT2D eigenvalue weighted by atomic mass is 9.89. The van der Waals surface area contributed by atoms with Crippen molar-refractivity contribution in [2.45, 2.75) is 63.8 Å². The van der Waals surface area contributed by atoms with Crippen molar-refractivity contribution in [3.8, 4) is 0 Å². The van der Waals surface area contributed by atoms with Gasteiger partial charge >= 0.3 is 6.03 Å². The van der Waals surface area contributed by atoms with Gasteiger partial charge in [0.05, 0.1) is 5.54 Å². The van der Waals surface area contributed by atoms with Crippen LogP contribution in [-0.2, 0) is 0 Å². The standard InChI is InChI=1S/C15H28N4O/c1-12-7-6-10-19(11-12)14(20)18-15(13(16)17)8-4-2-3-5-9-15/h12H,2-11H2,1H3,(H3,16,17)(H,18,20). The Morgan fingerprint density at radius 3 is 2.45 bits per heavy atom. The van der Waals surface area contributed by atoms with Crippen LogP contribution in [0.3, 0.4) is 0 Å². The second kappa shape index (κ2) is 6.46. The van der Waals surface area contributed by atoms with Gasteiger partial charge in [-0.1, -0.05) is 32.6 Å². The second-order valence-electron chi connectivity index (χ2n) is 6.53. The van der Waals surface area contributed by atoms with E-state index in [0.717, 1.165) is 45.2 Å². The third-order valence-electron chi connectivity index (χ3n) is 4.76. The van der Waals surface area contributed by atoms with E-state index in [1.165, 1.54) is 19.3 Å². The van der Waals surface area contributed by atoms with Crippen molar-refractivity contribution in [2.75, 3.05) is 13.1 Å². The number of nitrogens with two attached hydrogens (primary N) is 1. The summed E-state index contributed by atoms with van der Waals surface area (Å²) in [5.74, 6) is 0.690. The van der Waals surface area contributed by atoms with Gasteiger partial charge in [-0.3, -0.25) is 5.41 Å². The molecule has 5 heteroatoms. The lowest BCUT2D eigenvalue weighted by molar-refractivity contribution is 0.161. The van der Waals surface area contributed by atoms with Crippen molar-refractivity contribution in [3.63, 3.8) is 0 Å². The minimum Gasteiger partial charge on any atom is -0.386 e. The summed E-state index contributed by atoms with van der Waals surface area (Å²) in [6.45, 7) is 3.83. The van der Waals surface area contributed by atoms with Crippen molar-refractivity contribution in [1.29, 1.82) is 5.41 Å². The molecule has 0 radical (unpaired) electrons. The van der Waals surface area contributed by atoms with Crippen LogP contribution in [-0.4, -0.2) is 35.4 Å². The zero-order valence-electron chi connectivity index (χ0n) is 12.6. The third kappa shape index (κ3) is 3.44. The van der Waals surface area contributed by atoms with Gasteiger partial charge in [-0.15, -0.1) is 0 Å². The Labute approximate surface area is 121 Å². The Morgan fingerprint density at radius 1 is 1.25 bits per heavy atom. The first kappa shape index (κ1) is 15.1. The molecule has 0 aromatic heterocycles. The summed E-state index contributed by atoms with van der Waals surface area (Å²) < 4.78 is 0. The van der Waals surface area contributed by atoms with Gasteiger partial charge in [0.25, 0.3) is 0 Å². The maximum atomic E-state index is 12.5. The molecule has 1 aliphatic carbocycles. The number of hydrogen-bond donors (Lipinski definition) is 3. The lowest BCUT2D eigenvalue weighted by Gasteiger charge is -2.37. The number of nitrogens with zero attached hydrogens (tertiary/aromatic N) is 1. The normalized spacial score (nSPS) is 26.6. The number of nitrogens with one attached hydrogen (secondary N) is 2. The van der Waals surface area contributed by atoms with Crippen LogP contribution < -0.4 is 11.1 Å². The highest BCUT2D eigenvalue weighted by atomic mass is 16.2. The minimum absolute atomic E-state index is 0.0337. The van der Waals surface area contributed by atoms with Crippen molar-refractivity contribution in [2.24, 2.45) is 11.7 Å². The predicted octanol–water partition coefficient (Wildman–Crippen LogP) is 2.46. The molecular formula is C15H28N4O. The Hall–Kier alpha value is -1.26. The molecule has 1 unspecified atom stereocenters. The molecule has 20 heavy (non-hydrogen) atoms. The van der Waals surface area contributed by atoms with Crippen molar-refractivity contribution in [3.05, 3.63) is 0 Å². The zero-order valence-corrected chi connectivity index (χ0v) is 12.6. The van der Waals surface area contributed by atoms with Crippen molar-refractivity contribution in [1.82, 2.24) is 10.2 Å². The number of urea groups is 1. The Balaban J connectivity index is 2.03. The molecular weight excluding hydrogens is 252 g/mol. The average molecular weight is 280 g/mol. The number of hydrogen-bond acceptors (Lipinski definition) is 2. The fourth-order valence-electron chi connectivity index (χ4n) is 3.45. The fraction of sp³-hybridized carbons (Fsp3) is 0.867. The van der Waals surface area contributed by atoms with E-state index in [2.05, 4.69) is 12.2 Å². The maximum Gasteiger partial charge on any atom is 0.318 e. The topological polar surface area (TPSA) is 82.2 Å². The Morgan fingerprint density at radius 2 is 1.90 bits per heavy atom. The molecule has 0 aromatic rings. The van der Waals surface area contributed by atoms with E-state index in [1.807, 2.05) is 4.90 Å². The molecule has 114 valence electrons. The molecule has 2 amide bonds. The third-order valence-corrected chi connectivity index (χ3v) is 4.76. The molecule has 1 atom stereocenters. The van der Waals surface area contributed by atoms with E-state index >= 15 is 0 Å². The van der Waals surface area contributed by atoms with Crippen LogP contribution in [0, 0.1) is 11.3 Å². The van der Waals surface area contributed by atoms with Gasteiger partial charge in [-0.2, -0.15) is 0 Å². The van der Waals surface area contributed by atoms with Crippen LogP contribution in [0.1, 0.15) is 58.3 Å². The summed E-state index contributed by atoms with van der Waals surface area (Å²) in [4.78, 5) is 14.4. The van der Waals surface area contributed by atoms with Crippen LogP contribution >= 0.6 is 0 Å². The smallest absolute Gasteiger partial charge is 0.318 e. The number of amidine groups is 1. The molecule has 4 N–H and O–H groups in total. The highest BCUT2D eigenvalue weighted by Gasteiger charge is 2.37. The van der Waals surface area contributed by atoms with Crippen LogP contribution in [0.25, 0.3) is 0 Å². The van der Waals surface area contributed by atoms with E-state index in [9.17, 15) is 4.79 Å². The first-order valence-corrected chi connectivity index (χ1v) is 7.95. The van der Waals surface area contributed by atoms with Gasteiger partial charge in [0, 0.05) is 13.1 Å². The maximum absolute atomic E-state index is 12.5. The number of piperidine rings is 1. The van der Waals surface area contributed by atoms with Gasteiger partial charge < -0.3 is 16.0 Å². The predicted molar refractivity (Wildman–Crippen MR) is 80.8 cm³/mol. The van der Waals surface area contributed by atoms with Crippen LogP contribution in [0.15, 0.2) is 0 Å². The van der Waals surface area contributed by atoms with E-state index in [0.29, 0.717) is 5.92 Å². The van der Waals surface area contributed by atoms with Gasteiger partial charge in [0.15, 0.2) is 0 Å². The fourth-order valence-corrected chi connectivity index (χ4v) is 3.45. The number of carbonyl (C=O) groups excluding carboxylic acids is 1. The summed E-state index contributed by atoms with van der Waals surface area (Å²) >= 11 is 0. The second-order valence-corrected chi connectivity index (χ2v) is 6.53. The molecule has 1 heterocycles. The Bertz CT molecular complexity index is 361. The minimum atomic E-state index is -0.603. The summed E-state index contributed by atoms with van der Waals surface area (Å²) in [6, 6.07) is -0.0337. The van der Waals surface area contributed by atoms with E-state index in [-0.39, 0.29) is 11.9 Å². The van der Waals surface area contributed by atoms with Gasteiger partial charge in [0.1, 0.15) is 5.84 Å². The number of carbonyl (C=O) groups is 1. The molecule has 2 rings (SSSR count). The van der Waals surface area contributed by atoms with Crippen LogP contribution in [0.4, 0.5) is 4.79 Å². The highest BCUT2D eigenvalue weighted by molar-refractivity contribution is 5.91. The SMILES string of the molecule is CC1CCCN(C(=O)NC2(C(=N)N)CCCCCC2)C1. The van der Waals surface area contributed by atoms with E-state index in [1.54, 1.807) is 0 Å². The van der Waals surface area contributed by atoms with E-state index < -0.39 is 5.54 Å². The molecule has 1 saturated carbocycles. The summed E-state index contributed by atoms with van der Waals surface area (Å²) in [5.41, 5.74) is 5.22. The molecule has 2 aliphatic rings. The molecule has 1 aliphatic heterocycles. The van der Waals surface area contributed by atoms with Crippen LogP contribution in [0.2, 0.25) is 0 Å². The quantitative estimate of drug-likeness (QED) is 0.412. The zero-order chi connectivity index (χ0) is 14.6.